The van der Waals surface area contributed by atoms with Gasteiger partial charge in [0, 0.05) is 56.6 Å². The molecule has 1 aromatic carbocycles. The van der Waals surface area contributed by atoms with E-state index >= 15 is 0 Å². The molecular weight excluding hydrogens is 428 g/mol. The monoisotopic (exact) mass is 460 g/mol. The zero-order chi connectivity index (χ0) is 23.8. The van der Waals surface area contributed by atoms with Crippen molar-refractivity contribution in [2.45, 2.75) is 44.7 Å². The number of carbonyl (C=O) groups excluding carboxylic acids is 1. The number of hydrogen-bond donors (Lipinski definition) is 1. The number of likely N-dealkylation sites (tertiary alicyclic amines) is 2. The molecule has 34 heavy (non-hydrogen) atoms. The minimum absolute atomic E-state index is 0.0475. The van der Waals surface area contributed by atoms with E-state index in [0.29, 0.717) is 18.1 Å². The highest BCUT2D eigenvalue weighted by atomic mass is 16.2. The number of amidine groups is 1. The Morgan fingerprint density at radius 1 is 1.24 bits per heavy atom. The molecular formula is C25H32N8O. The number of fused-ring (bicyclic) bond motifs is 1. The van der Waals surface area contributed by atoms with E-state index in [2.05, 4.69) is 27.9 Å². The minimum atomic E-state index is -0.0982. The molecule has 4 heterocycles. The van der Waals surface area contributed by atoms with E-state index in [1.54, 1.807) is 9.69 Å². The summed E-state index contributed by atoms with van der Waals surface area (Å²) in [6.45, 7) is 8.13. The summed E-state index contributed by atoms with van der Waals surface area (Å²) in [5, 5.41) is 11.3. The second-order valence-corrected chi connectivity index (χ2v) is 9.30. The van der Waals surface area contributed by atoms with E-state index in [1.165, 1.54) is 0 Å². The number of rotatable bonds is 3. The zero-order valence-electron chi connectivity index (χ0n) is 19.9. The Balaban J connectivity index is 1.48. The molecule has 1 unspecified atom stereocenters. The number of nitrogens with two attached hydrogens (primary N) is 1. The summed E-state index contributed by atoms with van der Waals surface area (Å²) in [6, 6.07) is 7.92. The Morgan fingerprint density at radius 2 is 2.06 bits per heavy atom. The molecule has 1 aromatic heterocycles. The van der Waals surface area contributed by atoms with Crippen LogP contribution in [0.15, 0.2) is 58.0 Å². The van der Waals surface area contributed by atoms with Crippen LogP contribution in [0.4, 0.5) is 0 Å². The van der Waals surface area contributed by atoms with Crippen LogP contribution in [0.5, 0.6) is 0 Å². The number of para-hydroxylation sites is 1. The summed E-state index contributed by atoms with van der Waals surface area (Å²) in [7, 11) is 1.87. The third kappa shape index (κ3) is 4.00. The van der Waals surface area contributed by atoms with Crippen LogP contribution in [0.1, 0.15) is 43.1 Å². The van der Waals surface area contributed by atoms with Crippen LogP contribution in [0.3, 0.4) is 0 Å². The molecule has 3 aliphatic rings. The Bertz CT molecular complexity index is 1210. The van der Waals surface area contributed by atoms with Gasteiger partial charge in [-0.05, 0) is 44.7 Å². The van der Waals surface area contributed by atoms with E-state index in [-0.39, 0.29) is 18.0 Å². The van der Waals surface area contributed by atoms with E-state index in [0.717, 1.165) is 61.1 Å². The van der Waals surface area contributed by atoms with Crippen molar-refractivity contribution in [3.05, 3.63) is 53.6 Å². The maximum absolute atomic E-state index is 13.7. The highest BCUT2D eigenvalue weighted by Gasteiger charge is 2.31. The number of aliphatic imine (C=N–C) groups is 1. The second kappa shape index (κ2) is 9.06. The van der Waals surface area contributed by atoms with Crippen molar-refractivity contribution < 1.29 is 4.79 Å². The number of hydrazone groups is 1. The van der Waals surface area contributed by atoms with Gasteiger partial charge in [0.05, 0.1) is 11.6 Å². The van der Waals surface area contributed by atoms with Crippen LogP contribution in [-0.4, -0.2) is 74.8 Å². The topological polar surface area (TPSA) is 95.3 Å². The van der Waals surface area contributed by atoms with Crippen LogP contribution in [0, 0.1) is 0 Å². The molecule has 2 N–H and O–H groups in total. The van der Waals surface area contributed by atoms with Gasteiger partial charge in [-0.15, -0.1) is 0 Å². The van der Waals surface area contributed by atoms with Crippen molar-refractivity contribution in [2.24, 2.45) is 22.9 Å². The number of piperidine rings is 1. The molecule has 178 valence electrons. The fourth-order valence-corrected chi connectivity index (χ4v) is 5.14. The summed E-state index contributed by atoms with van der Waals surface area (Å²) < 4.78 is 1.77. The molecule has 2 atom stereocenters. The molecule has 0 saturated carbocycles. The van der Waals surface area contributed by atoms with Gasteiger partial charge in [-0.3, -0.25) is 9.48 Å². The van der Waals surface area contributed by atoms with Gasteiger partial charge >= 0.3 is 0 Å². The summed E-state index contributed by atoms with van der Waals surface area (Å²) in [6.07, 6.45) is 7.85. The average Bonchev–Trinajstić information content (AvgIpc) is 3.43. The lowest BCUT2D eigenvalue weighted by Gasteiger charge is -2.35. The fourth-order valence-electron chi connectivity index (χ4n) is 5.14. The van der Waals surface area contributed by atoms with E-state index in [9.17, 15) is 4.79 Å². The quantitative estimate of drug-likeness (QED) is 0.711. The second-order valence-electron chi connectivity index (χ2n) is 9.30. The summed E-state index contributed by atoms with van der Waals surface area (Å²) >= 11 is 0. The number of aromatic nitrogens is 2. The normalized spacial score (nSPS) is 24.6. The first-order valence-electron chi connectivity index (χ1n) is 11.9. The van der Waals surface area contributed by atoms with Crippen molar-refractivity contribution in [1.29, 1.82) is 0 Å². The number of hydrogen-bond acceptors (Lipinski definition) is 7. The van der Waals surface area contributed by atoms with Crippen molar-refractivity contribution in [2.75, 3.05) is 19.6 Å². The molecule has 2 saturated heterocycles. The number of nitrogens with zero attached hydrogens (tertiary/aromatic N) is 7. The number of aryl methyl sites for hydroxylation is 1. The molecule has 9 heteroatoms. The third-order valence-corrected chi connectivity index (χ3v) is 6.91. The predicted octanol–water partition coefficient (Wildman–Crippen LogP) is 2.68. The lowest BCUT2D eigenvalue weighted by Crippen LogP contribution is -2.43. The Hall–Kier alpha value is -3.46. The molecule has 5 rings (SSSR count). The fraction of sp³-hybridized carbons (Fsp3) is 0.440. The highest BCUT2D eigenvalue weighted by Crippen LogP contribution is 2.28. The molecule has 0 bridgehead atoms. The molecule has 1 amide bonds. The van der Waals surface area contributed by atoms with Gasteiger partial charge in [-0.25, -0.2) is 10.0 Å². The first-order valence-corrected chi connectivity index (χ1v) is 11.9. The summed E-state index contributed by atoms with van der Waals surface area (Å²) in [5.74, 6) is 1.56. The van der Waals surface area contributed by atoms with Gasteiger partial charge in [0.15, 0.2) is 11.5 Å². The Labute approximate surface area is 199 Å². The molecule has 2 aromatic rings. The zero-order valence-corrected chi connectivity index (χ0v) is 19.9. The standard InChI is InChI=1S/C25H32N8O/c1-17-15-33(27-2)22(28-24(17)31-13-11-18(26)16-31)14-19-8-6-7-12-32(19)25(34)23-20-9-4-5-10-21(20)30(3)29-23/h4-5,9-10,14-15,18-19H,2,6-8,11-13,16,26H2,1,3H3/b22-14-/t18-,19?/m0/s1. The van der Waals surface area contributed by atoms with Gasteiger partial charge in [0.25, 0.3) is 5.91 Å². The highest BCUT2D eigenvalue weighted by molar-refractivity contribution is 6.05. The lowest BCUT2D eigenvalue weighted by atomic mass is 10.0. The number of carbonyl (C=O) groups is 1. The van der Waals surface area contributed by atoms with Gasteiger partial charge < -0.3 is 15.5 Å². The molecule has 3 aliphatic heterocycles. The Kier molecular flexibility index (Phi) is 5.95. The SMILES string of the molecule is C=NN1C=C(C)C(N2CC[C@H](N)C2)=N/C1=C/C1CCCCN1C(=O)c1nn(C)c2ccccc12. The van der Waals surface area contributed by atoms with Crippen molar-refractivity contribution in [1.82, 2.24) is 24.6 Å². The van der Waals surface area contributed by atoms with E-state index < -0.39 is 0 Å². The van der Waals surface area contributed by atoms with Crippen LogP contribution in [0.25, 0.3) is 10.9 Å². The van der Waals surface area contributed by atoms with Crippen molar-refractivity contribution >= 4 is 29.4 Å². The van der Waals surface area contributed by atoms with Crippen LogP contribution < -0.4 is 5.73 Å². The molecule has 9 nitrogen and oxygen atoms in total. The van der Waals surface area contributed by atoms with Gasteiger partial charge in [0.2, 0.25) is 0 Å². The molecule has 0 radical (unpaired) electrons. The van der Waals surface area contributed by atoms with Crippen LogP contribution >= 0.6 is 0 Å². The minimum Gasteiger partial charge on any atom is -0.355 e. The maximum atomic E-state index is 13.7. The maximum Gasteiger partial charge on any atom is 0.275 e. The largest absolute Gasteiger partial charge is 0.355 e. The van der Waals surface area contributed by atoms with Crippen LogP contribution in [0.2, 0.25) is 0 Å². The van der Waals surface area contributed by atoms with Gasteiger partial charge in [0.1, 0.15) is 5.84 Å². The number of amides is 1. The predicted molar refractivity (Wildman–Crippen MR) is 134 cm³/mol. The lowest BCUT2D eigenvalue weighted by molar-refractivity contribution is 0.0657. The van der Waals surface area contributed by atoms with E-state index in [4.69, 9.17) is 10.7 Å². The van der Waals surface area contributed by atoms with Gasteiger partial charge in [-0.2, -0.15) is 10.2 Å². The average molecular weight is 461 g/mol. The van der Waals surface area contributed by atoms with Crippen molar-refractivity contribution in [3.8, 4) is 0 Å². The third-order valence-electron chi connectivity index (χ3n) is 6.91. The van der Waals surface area contributed by atoms with Gasteiger partial charge in [-0.1, -0.05) is 18.2 Å². The van der Waals surface area contributed by atoms with E-state index in [1.807, 2.05) is 49.3 Å². The smallest absolute Gasteiger partial charge is 0.275 e. The molecule has 0 aliphatic carbocycles. The molecule has 0 spiro atoms. The van der Waals surface area contributed by atoms with Crippen molar-refractivity contribution in [3.63, 3.8) is 0 Å². The first kappa shape index (κ1) is 22.3. The Morgan fingerprint density at radius 3 is 2.82 bits per heavy atom. The summed E-state index contributed by atoms with van der Waals surface area (Å²) in [5.41, 5.74) is 8.61. The summed E-state index contributed by atoms with van der Waals surface area (Å²) in [4.78, 5) is 22.8. The van der Waals surface area contributed by atoms with Crippen LogP contribution in [-0.2, 0) is 7.05 Å². The number of benzene rings is 1. The first-order chi connectivity index (χ1) is 16.5. The molecule has 2 fully saturated rings.